The molecule has 8 nitrogen and oxygen atoms in total. The van der Waals surface area contributed by atoms with Gasteiger partial charge in [0.25, 0.3) is 5.91 Å². The molecule has 1 fully saturated rings. The van der Waals surface area contributed by atoms with E-state index in [1.165, 1.54) is 0 Å². The third-order valence-corrected chi connectivity index (χ3v) is 6.27. The number of hydrogen-bond donors (Lipinski definition) is 2. The first kappa shape index (κ1) is 21.0. The summed E-state index contributed by atoms with van der Waals surface area (Å²) in [6, 6.07) is 9.04. The van der Waals surface area contributed by atoms with Crippen molar-refractivity contribution in [2.75, 3.05) is 32.0 Å². The largest absolute Gasteiger partial charge is 0.457 e. The molecule has 31 heavy (non-hydrogen) atoms. The SMILES string of the molecule is CNC(=O)c1cc(Oc2ccc3nc(NCC4CCCN(C(C)=O)C4)sc3c2)ccn1. The van der Waals surface area contributed by atoms with Gasteiger partial charge in [0.15, 0.2) is 5.13 Å². The lowest BCUT2D eigenvalue weighted by molar-refractivity contribution is -0.130. The molecule has 2 amide bonds. The van der Waals surface area contributed by atoms with Crippen molar-refractivity contribution in [3.63, 3.8) is 0 Å². The molecule has 0 bridgehead atoms. The maximum Gasteiger partial charge on any atom is 0.269 e. The second-order valence-electron chi connectivity index (χ2n) is 7.56. The highest BCUT2D eigenvalue weighted by Gasteiger charge is 2.21. The van der Waals surface area contributed by atoms with Crippen LogP contribution in [0, 0.1) is 5.92 Å². The van der Waals surface area contributed by atoms with Crippen LogP contribution in [0.3, 0.4) is 0 Å². The van der Waals surface area contributed by atoms with Gasteiger partial charge in [-0.2, -0.15) is 0 Å². The summed E-state index contributed by atoms with van der Waals surface area (Å²) in [5.41, 5.74) is 1.20. The fraction of sp³-hybridized carbons (Fsp3) is 0.364. The number of nitrogens with zero attached hydrogens (tertiary/aromatic N) is 3. The zero-order chi connectivity index (χ0) is 21.8. The molecule has 3 heterocycles. The fourth-order valence-corrected chi connectivity index (χ4v) is 4.56. The lowest BCUT2D eigenvalue weighted by atomic mass is 9.98. The van der Waals surface area contributed by atoms with Crippen LogP contribution < -0.4 is 15.4 Å². The Morgan fingerprint density at radius 2 is 2.10 bits per heavy atom. The van der Waals surface area contributed by atoms with Crippen LogP contribution >= 0.6 is 11.3 Å². The van der Waals surface area contributed by atoms with Crippen LogP contribution in [-0.4, -0.2) is 53.4 Å². The fourth-order valence-electron chi connectivity index (χ4n) is 3.66. The summed E-state index contributed by atoms with van der Waals surface area (Å²) in [6.45, 7) is 4.09. The molecule has 9 heteroatoms. The van der Waals surface area contributed by atoms with Gasteiger partial charge in [-0.25, -0.2) is 4.98 Å². The molecule has 0 saturated carbocycles. The number of rotatable bonds is 6. The molecule has 0 aliphatic carbocycles. The van der Waals surface area contributed by atoms with Crippen LogP contribution in [0.15, 0.2) is 36.5 Å². The summed E-state index contributed by atoms with van der Waals surface area (Å²) in [5, 5.41) is 6.85. The Balaban J connectivity index is 1.41. The zero-order valence-electron chi connectivity index (χ0n) is 17.6. The molecule has 1 aromatic carbocycles. The maximum atomic E-state index is 11.8. The number of carbonyl (C=O) groups excluding carboxylic acids is 2. The van der Waals surface area contributed by atoms with E-state index in [2.05, 4.69) is 20.6 Å². The number of anilines is 1. The predicted octanol–water partition coefficient (Wildman–Crippen LogP) is 3.51. The summed E-state index contributed by atoms with van der Waals surface area (Å²) in [6.07, 6.45) is 3.71. The lowest BCUT2D eigenvalue weighted by Crippen LogP contribution is -2.40. The molecule has 1 aliphatic heterocycles. The first-order valence-corrected chi connectivity index (χ1v) is 11.1. The second-order valence-corrected chi connectivity index (χ2v) is 8.59. The molecule has 2 N–H and O–H groups in total. The van der Waals surface area contributed by atoms with Gasteiger partial charge < -0.3 is 20.3 Å². The van der Waals surface area contributed by atoms with Gasteiger partial charge in [-0.1, -0.05) is 11.3 Å². The van der Waals surface area contributed by atoms with E-state index >= 15 is 0 Å². The molecule has 2 aromatic heterocycles. The summed E-state index contributed by atoms with van der Waals surface area (Å²) < 4.78 is 6.93. The van der Waals surface area contributed by atoms with E-state index in [0.29, 0.717) is 23.1 Å². The highest BCUT2D eigenvalue weighted by Crippen LogP contribution is 2.31. The summed E-state index contributed by atoms with van der Waals surface area (Å²) >= 11 is 1.57. The van der Waals surface area contributed by atoms with Crippen LogP contribution in [0.1, 0.15) is 30.3 Å². The third kappa shape index (κ3) is 5.11. The van der Waals surface area contributed by atoms with Gasteiger partial charge >= 0.3 is 0 Å². The normalized spacial score (nSPS) is 16.2. The van der Waals surface area contributed by atoms with Crippen LogP contribution in [0.2, 0.25) is 0 Å². The van der Waals surface area contributed by atoms with Crippen molar-refractivity contribution < 1.29 is 14.3 Å². The average molecular weight is 440 g/mol. The van der Waals surface area contributed by atoms with Crippen molar-refractivity contribution in [3.05, 3.63) is 42.2 Å². The van der Waals surface area contributed by atoms with Gasteiger partial charge in [0.2, 0.25) is 5.91 Å². The number of aromatic nitrogens is 2. The van der Waals surface area contributed by atoms with Crippen molar-refractivity contribution in [1.82, 2.24) is 20.2 Å². The van der Waals surface area contributed by atoms with Gasteiger partial charge in [-0.15, -0.1) is 0 Å². The number of ether oxygens (including phenoxy) is 1. The van der Waals surface area contributed by atoms with E-state index in [9.17, 15) is 9.59 Å². The zero-order valence-corrected chi connectivity index (χ0v) is 18.4. The van der Waals surface area contributed by atoms with Crippen LogP contribution in [0.4, 0.5) is 5.13 Å². The summed E-state index contributed by atoms with van der Waals surface area (Å²) in [4.78, 5) is 34.0. The predicted molar refractivity (Wildman–Crippen MR) is 121 cm³/mol. The third-order valence-electron chi connectivity index (χ3n) is 5.29. The number of carbonyl (C=O) groups is 2. The van der Waals surface area contributed by atoms with Gasteiger partial charge in [0.1, 0.15) is 17.2 Å². The van der Waals surface area contributed by atoms with Gasteiger partial charge in [0.05, 0.1) is 10.2 Å². The number of likely N-dealkylation sites (tertiary alicyclic amines) is 1. The van der Waals surface area contributed by atoms with Gasteiger partial charge in [0, 0.05) is 51.9 Å². The molecular weight excluding hydrogens is 414 g/mol. The van der Waals surface area contributed by atoms with E-state index in [-0.39, 0.29) is 11.8 Å². The summed E-state index contributed by atoms with van der Waals surface area (Å²) in [7, 11) is 1.56. The van der Waals surface area contributed by atoms with Gasteiger partial charge in [-0.3, -0.25) is 14.6 Å². The van der Waals surface area contributed by atoms with Gasteiger partial charge in [-0.05, 0) is 37.0 Å². The van der Waals surface area contributed by atoms with Crippen molar-refractivity contribution in [1.29, 1.82) is 0 Å². The molecule has 1 unspecified atom stereocenters. The monoisotopic (exact) mass is 439 g/mol. The molecular formula is C22H25N5O3S. The molecule has 4 rings (SSSR count). The quantitative estimate of drug-likeness (QED) is 0.610. The van der Waals surface area contributed by atoms with Crippen LogP contribution in [-0.2, 0) is 4.79 Å². The average Bonchev–Trinajstić information content (AvgIpc) is 3.19. The number of nitrogens with one attached hydrogen (secondary N) is 2. The Hall–Kier alpha value is -3.20. The van der Waals surface area contributed by atoms with Crippen molar-refractivity contribution in [2.24, 2.45) is 5.92 Å². The minimum atomic E-state index is -0.261. The first-order chi connectivity index (χ1) is 15.0. The molecule has 0 spiro atoms. The topological polar surface area (TPSA) is 96.5 Å². The number of benzene rings is 1. The molecule has 1 aliphatic rings. The van der Waals surface area contributed by atoms with Crippen molar-refractivity contribution in [2.45, 2.75) is 19.8 Å². The number of amides is 2. The Morgan fingerprint density at radius 3 is 2.90 bits per heavy atom. The Bertz CT molecular complexity index is 1100. The minimum absolute atomic E-state index is 0.147. The van der Waals surface area contributed by atoms with Crippen LogP contribution in [0.25, 0.3) is 10.2 Å². The molecule has 1 saturated heterocycles. The number of pyridine rings is 1. The lowest BCUT2D eigenvalue weighted by Gasteiger charge is -2.32. The molecule has 162 valence electrons. The Labute approximate surface area is 184 Å². The second kappa shape index (κ2) is 9.30. The molecule has 0 radical (unpaired) electrons. The highest BCUT2D eigenvalue weighted by molar-refractivity contribution is 7.22. The number of piperidine rings is 1. The Morgan fingerprint density at radius 1 is 1.26 bits per heavy atom. The first-order valence-electron chi connectivity index (χ1n) is 10.3. The van der Waals surface area contributed by atoms with E-state index in [4.69, 9.17) is 4.74 Å². The van der Waals surface area contributed by atoms with Crippen LogP contribution in [0.5, 0.6) is 11.5 Å². The van der Waals surface area contributed by atoms with Crippen molar-refractivity contribution >= 4 is 38.5 Å². The minimum Gasteiger partial charge on any atom is -0.457 e. The van der Waals surface area contributed by atoms with E-state index < -0.39 is 0 Å². The Kier molecular flexibility index (Phi) is 6.31. The summed E-state index contributed by atoms with van der Waals surface area (Å²) in [5.74, 6) is 1.53. The standard InChI is InChI=1S/C22H25N5O3S/c1-14(28)27-9-3-4-15(13-27)12-25-22-26-18-6-5-16(11-20(18)31-22)30-17-7-8-24-19(10-17)21(29)23-2/h5-8,10-11,15H,3-4,9,12-13H2,1-2H3,(H,23,29)(H,25,26). The molecule has 3 aromatic rings. The van der Waals surface area contributed by atoms with E-state index in [0.717, 1.165) is 47.8 Å². The molecule has 1 atom stereocenters. The number of hydrogen-bond acceptors (Lipinski definition) is 7. The number of thiazole rings is 1. The number of fused-ring (bicyclic) bond motifs is 1. The van der Waals surface area contributed by atoms with E-state index in [1.807, 2.05) is 23.1 Å². The highest BCUT2D eigenvalue weighted by atomic mass is 32.1. The van der Waals surface area contributed by atoms with Crippen molar-refractivity contribution in [3.8, 4) is 11.5 Å². The maximum absolute atomic E-state index is 11.8. The smallest absolute Gasteiger partial charge is 0.269 e. The van der Waals surface area contributed by atoms with E-state index in [1.54, 1.807) is 43.6 Å².